The van der Waals surface area contributed by atoms with Crippen LogP contribution in [0.4, 0.5) is 0 Å². The first kappa shape index (κ1) is 16.6. The molecule has 1 aromatic heterocycles. The van der Waals surface area contributed by atoms with Gasteiger partial charge in [-0.3, -0.25) is 4.79 Å². The number of esters is 1. The molecule has 0 fully saturated rings. The van der Waals surface area contributed by atoms with Crippen LogP contribution in [0.3, 0.4) is 0 Å². The van der Waals surface area contributed by atoms with Gasteiger partial charge in [0.1, 0.15) is 15.1 Å². The van der Waals surface area contributed by atoms with Crippen LogP contribution in [0.25, 0.3) is 0 Å². The largest absolute Gasteiger partial charge is 0.477 e. The third-order valence-corrected chi connectivity index (χ3v) is 5.57. The molecule has 0 aliphatic rings. The van der Waals surface area contributed by atoms with Crippen molar-refractivity contribution in [2.45, 2.75) is 31.0 Å². The number of carboxylic acid groups (broad SMARTS) is 1. The summed E-state index contributed by atoms with van der Waals surface area (Å²) in [7, 11) is -3.95. The molecule has 0 spiro atoms. The molecule has 2 N–H and O–H groups in total. The molecule has 1 rings (SSSR count). The van der Waals surface area contributed by atoms with Crippen molar-refractivity contribution < 1.29 is 27.9 Å². The van der Waals surface area contributed by atoms with Gasteiger partial charge in [-0.25, -0.2) is 13.2 Å². The minimum Gasteiger partial charge on any atom is -0.477 e. The van der Waals surface area contributed by atoms with Crippen molar-refractivity contribution in [2.24, 2.45) is 0 Å². The van der Waals surface area contributed by atoms with E-state index in [2.05, 4.69) is 4.72 Å². The average Bonchev–Trinajstić information content (AvgIpc) is 2.72. The number of hydrogen-bond donors (Lipinski definition) is 2. The van der Waals surface area contributed by atoms with Gasteiger partial charge in [0.05, 0.1) is 6.61 Å². The van der Waals surface area contributed by atoms with Crippen molar-refractivity contribution in [1.82, 2.24) is 4.72 Å². The first-order valence-corrected chi connectivity index (χ1v) is 8.01. The monoisotopic (exact) mass is 321 g/mol. The molecule has 0 saturated heterocycles. The lowest BCUT2D eigenvalue weighted by Crippen LogP contribution is -2.39. The van der Waals surface area contributed by atoms with E-state index in [4.69, 9.17) is 9.84 Å². The number of rotatable bonds is 6. The standard InChI is InChI=1S/C11H15NO6S2/c1-4-18-11(15)7(3)12-20(16,17)8-5-6(2)9(19-8)10(13)14/h5,7,12H,4H2,1-3H3,(H,13,14). The lowest BCUT2D eigenvalue weighted by atomic mass is 10.3. The lowest BCUT2D eigenvalue weighted by Gasteiger charge is -2.11. The van der Waals surface area contributed by atoms with Gasteiger partial charge in [-0.15, -0.1) is 11.3 Å². The predicted octanol–water partition coefficient (Wildman–Crippen LogP) is 0.985. The van der Waals surface area contributed by atoms with Gasteiger partial charge >= 0.3 is 11.9 Å². The van der Waals surface area contributed by atoms with Gasteiger partial charge in [0.2, 0.25) is 0 Å². The zero-order valence-electron chi connectivity index (χ0n) is 11.2. The summed E-state index contributed by atoms with van der Waals surface area (Å²) in [4.78, 5) is 22.2. The third kappa shape index (κ3) is 3.78. The second-order valence-corrected chi connectivity index (χ2v) is 6.97. The molecule has 1 heterocycles. The molecular formula is C11H15NO6S2. The number of carbonyl (C=O) groups excluding carboxylic acids is 1. The van der Waals surface area contributed by atoms with Crippen LogP contribution in [-0.4, -0.2) is 38.1 Å². The maximum atomic E-state index is 12.0. The fourth-order valence-electron chi connectivity index (χ4n) is 1.40. The third-order valence-electron chi connectivity index (χ3n) is 2.33. The van der Waals surface area contributed by atoms with Crippen LogP contribution in [0.2, 0.25) is 0 Å². The molecule has 0 aliphatic carbocycles. The maximum Gasteiger partial charge on any atom is 0.346 e. The number of sulfonamides is 1. The second kappa shape index (κ2) is 6.33. The first-order valence-electron chi connectivity index (χ1n) is 5.71. The van der Waals surface area contributed by atoms with E-state index in [1.807, 2.05) is 0 Å². The van der Waals surface area contributed by atoms with Gasteiger partial charge in [-0.1, -0.05) is 0 Å². The lowest BCUT2D eigenvalue weighted by molar-refractivity contribution is -0.144. The highest BCUT2D eigenvalue weighted by molar-refractivity contribution is 7.91. The number of carbonyl (C=O) groups is 2. The highest BCUT2D eigenvalue weighted by Crippen LogP contribution is 2.26. The number of aromatic carboxylic acids is 1. The summed E-state index contributed by atoms with van der Waals surface area (Å²) < 4.78 is 30.8. The van der Waals surface area contributed by atoms with Crippen LogP contribution in [0.1, 0.15) is 29.1 Å². The molecule has 20 heavy (non-hydrogen) atoms. The molecule has 0 aliphatic heterocycles. The molecule has 112 valence electrons. The summed E-state index contributed by atoms with van der Waals surface area (Å²) in [5, 5.41) is 8.91. The van der Waals surface area contributed by atoms with E-state index in [0.717, 1.165) is 0 Å². The predicted molar refractivity (Wildman–Crippen MR) is 72.4 cm³/mol. The van der Waals surface area contributed by atoms with E-state index in [-0.39, 0.29) is 15.7 Å². The van der Waals surface area contributed by atoms with Crippen LogP contribution in [0.15, 0.2) is 10.3 Å². The summed E-state index contributed by atoms with van der Waals surface area (Å²) in [5.41, 5.74) is 0.353. The maximum absolute atomic E-state index is 12.0. The highest BCUT2D eigenvalue weighted by Gasteiger charge is 2.26. The zero-order chi connectivity index (χ0) is 15.5. The Kier molecular flexibility index (Phi) is 5.26. The summed E-state index contributed by atoms with van der Waals surface area (Å²) >= 11 is 0.639. The molecule has 0 aromatic carbocycles. The molecule has 0 radical (unpaired) electrons. The van der Waals surface area contributed by atoms with Crippen molar-refractivity contribution in [3.63, 3.8) is 0 Å². The Labute approximate surface area is 120 Å². The van der Waals surface area contributed by atoms with E-state index in [0.29, 0.717) is 16.9 Å². The number of thiophene rings is 1. The van der Waals surface area contributed by atoms with Crippen LogP contribution in [0.5, 0.6) is 0 Å². The fraction of sp³-hybridized carbons (Fsp3) is 0.455. The van der Waals surface area contributed by atoms with Crippen LogP contribution in [0, 0.1) is 6.92 Å². The van der Waals surface area contributed by atoms with Gasteiger partial charge < -0.3 is 9.84 Å². The van der Waals surface area contributed by atoms with Crippen molar-refractivity contribution >= 4 is 33.3 Å². The Balaban J connectivity index is 2.97. The van der Waals surface area contributed by atoms with Crippen molar-refractivity contribution in [3.05, 3.63) is 16.5 Å². The highest BCUT2D eigenvalue weighted by atomic mass is 32.2. The molecule has 0 saturated carbocycles. The Morgan fingerprint density at radius 1 is 1.50 bits per heavy atom. The smallest absolute Gasteiger partial charge is 0.346 e. The van der Waals surface area contributed by atoms with Gasteiger partial charge in [0, 0.05) is 0 Å². The molecule has 0 amide bonds. The van der Waals surface area contributed by atoms with E-state index in [9.17, 15) is 18.0 Å². The fourth-order valence-corrected chi connectivity index (χ4v) is 3.99. The summed E-state index contributed by atoms with van der Waals surface area (Å²) in [6, 6.07) is 0.213. The van der Waals surface area contributed by atoms with Crippen molar-refractivity contribution in [2.75, 3.05) is 6.61 Å². The molecule has 1 atom stereocenters. The normalized spacial score (nSPS) is 12.9. The second-order valence-electron chi connectivity index (χ2n) is 3.98. The number of carboxylic acids is 1. The Bertz CT molecular complexity index is 619. The summed E-state index contributed by atoms with van der Waals surface area (Å²) in [6.45, 7) is 4.62. The molecule has 9 heteroatoms. The number of nitrogens with one attached hydrogen (secondary N) is 1. The van der Waals surface area contributed by atoms with E-state index in [1.165, 1.54) is 19.9 Å². The number of ether oxygens (including phenoxy) is 1. The molecule has 1 aromatic rings. The van der Waals surface area contributed by atoms with E-state index >= 15 is 0 Å². The minimum absolute atomic E-state index is 0.0471. The quantitative estimate of drug-likeness (QED) is 0.756. The van der Waals surface area contributed by atoms with Crippen LogP contribution in [-0.2, 0) is 19.6 Å². The first-order chi connectivity index (χ1) is 9.19. The molecular weight excluding hydrogens is 306 g/mol. The Hall–Kier alpha value is -1.45. The molecule has 7 nitrogen and oxygen atoms in total. The van der Waals surface area contributed by atoms with Gasteiger partial charge in [-0.05, 0) is 32.4 Å². The SMILES string of the molecule is CCOC(=O)C(C)NS(=O)(=O)c1cc(C)c(C(=O)O)s1. The molecule has 1 unspecified atom stereocenters. The van der Waals surface area contributed by atoms with Gasteiger partial charge in [-0.2, -0.15) is 4.72 Å². The van der Waals surface area contributed by atoms with Gasteiger partial charge in [0.25, 0.3) is 10.0 Å². The van der Waals surface area contributed by atoms with Crippen LogP contribution >= 0.6 is 11.3 Å². The summed E-state index contributed by atoms with van der Waals surface area (Å²) in [6.07, 6.45) is 0. The van der Waals surface area contributed by atoms with Crippen molar-refractivity contribution in [3.8, 4) is 0 Å². The zero-order valence-corrected chi connectivity index (χ0v) is 12.8. The number of hydrogen-bond acceptors (Lipinski definition) is 6. The topological polar surface area (TPSA) is 110 Å². The van der Waals surface area contributed by atoms with Gasteiger partial charge in [0.15, 0.2) is 0 Å². The van der Waals surface area contributed by atoms with Crippen molar-refractivity contribution in [1.29, 1.82) is 0 Å². The minimum atomic E-state index is -3.95. The average molecular weight is 321 g/mol. The Morgan fingerprint density at radius 3 is 2.55 bits per heavy atom. The summed E-state index contributed by atoms with van der Waals surface area (Å²) in [5.74, 6) is -1.88. The molecule has 0 bridgehead atoms. The van der Waals surface area contributed by atoms with Crippen LogP contribution < -0.4 is 4.72 Å². The van der Waals surface area contributed by atoms with E-state index in [1.54, 1.807) is 6.92 Å². The Morgan fingerprint density at radius 2 is 2.10 bits per heavy atom. The van der Waals surface area contributed by atoms with E-state index < -0.39 is 28.0 Å². The number of aryl methyl sites for hydroxylation is 1.